The third-order valence-electron chi connectivity index (χ3n) is 9.27. The van der Waals surface area contributed by atoms with Crippen LogP contribution in [0.25, 0.3) is 0 Å². The molecular weight excluding hydrogens is 396 g/mol. The van der Waals surface area contributed by atoms with E-state index in [0.717, 1.165) is 44.9 Å². The quantitative estimate of drug-likeness (QED) is 0.637. The van der Waals surface area contributed by atoms with Crippen molar-refractivity contribution >= 4 is 23.5 Å². The van der Waals surface area contributed by atoms with Gasteiger partial charge in [-0.25, -0.2) is 0 Å². The van der Waals surface area contributed by atoms with Crippen molar-refractivity contribution in [1.82, 2.24) is 0 Å². The molecule has 4 aliphatic rings. The minimum Gasteiger partial charge on any atom is -0.481 e. The zero-order chi connectivity index (χ0) is 22.4. The summed E-state index contributed by atoms with van der Waals surface area (Å²) >= 11 is 0. The predicted octanol–water partition coefficient (Wildman–Crippen LogP) is 4.11. The Morgan fingerprint density at radius 3 is 2.55 bits per heavy atom. The van der Waals surface area contributed by atoms with Gasteiger partial charge in [0, 0.05) is 12.3 Å². The van der Waals surface area contributed by atoms with Gasteiger partial charge in [-0.1, -0.05) is 19.4 Å². The van der Waals surface area contributed by atoms with Gasteiger partial charge in [-0.15, -0.1) is 0 Å². The molecule has 3 saturated carbocycles. The van der Waals surface area contributed by atoms with Gasteiger partial charge in [0.15, 0.2) is 11.6 Å². The third kappa shape index (κ3) is 3.87. The molecule has 0 radical (unpaired) electrons. The van der Waals surface area contributed by atoms with Crippen LogP contribution in [0.15, 0.2) is 11.6 Å². The van der Waals surface area contributed by atoms with Crippen LogP contribution in [0.4, 0.5) is 0 Å². The number of ether oxygens (including phenoxy) is 1. The molecule has 4 aliphatic carbocycles. The molecule has 0 unspecified atom stereocenters. The summed E-state index contributed by atoms with van der Waals surface area (Å²) in [4.78, 5) is 47.3. The van der Waals surface area contributed by atoms with E-state index in [9.17, 15) is 19.2 Å². The van der Waals surface area contributed by atoms with Crippen molar-refractivity contribution in [2.24, 2.45) is 34.5 Å². The van der Waals surface area contributed by atoms with Crippen molar-refractivity contribution < 1.29 is 29.0 Å². The number of ketones is 2. The maximum Gasteiger partial charge on any atom is 0.306 e. The lowest BCUT2D eigenvalue weighted by Gasteiger charge is -2.58. The SMILES string of the molecule is C[C@]12CC[C@@H]3[C@H](CCC4=CC(=O)CC[C@@]43C)[C@@H]1CC[C@@H]2C(=O)COC(=O)CCC(=O)O. The van der Waals surface area contributed by atoms with Gasteiger partial charge < -0.3 is 9.84 Å². The van der Waals surface area contributed by atoms with Gasteiger partial charge in [-0.2, -0.15) is 0 Å². The van der Waals surface area contributed by atoms with Crippen LogP contribution in [0.5, 0.6) is 0 Å². The van der Waals surface area contributed by atoms with E-state index in [4.69, 9.17) is 9.84 Å². The van der Waals surface area contributed by atoms with E-state index in [1.807, 2.05) is 6.08 Å². The molecule has 0 heterocycles. The van der Waals surface area contributed by atoms with Gasteiger partial charge in [0.25, 0.3) is 0 Å². The first-order chi connectivity index (χ1) is 14.6. The minimum absolute atomic E-state index is 0.0157. The summed E-state index contributed by atoms with van der Waals surface area (Å²) in [6.45, 7) is 4.37. The number of Topliss-reactive ketones (excluding diaryl/α,β-unsaturated/α-hetero) is 1. The molecule has 6 nitrogen and oxygen atoms in total. The van der Waals surface area contributed by atoms with Crippen LogP contribution >= 0.6 is 0 Å². The summed E-state index contributed by atoms with van der Waals surface area (Å²) in [5, 5.41) is 8.68. The highest BCUT2D eigenvalue weighted by Crippen LogP contribution is 2.66. The lowest BCUT2D eigenvalue weighted by atomic mass is 9.46. The van der Waals surface area contributed by atoms with Crippen molar-refractivity contribution in [3.8, 4) is 0 Å². The Labute approximate surface area is 183 Å². The van der Waals surface area contributed by atoms with E-state index < -0.39 is 11.9 Å². The second-order valence-electron chi connectivity index (χ2n) is 10.7. The Hall–Kier alpha value is -1.98. The molecule has 0 saturated heterocycles. The fourth-order valence-electron chi connectivity index (χ4n) is 7.62. The predicted molar refractivity (Wildman–Crippen MR) is 113 cm³/mol. The highest BCUT2D eigenvalue weighted by atomic mass is 16.5. The van der Waals surface area contributed by atoms with Gasteiger partial charge in [0.05, 0.1) is 12.8 Å². The first-order valence-corrected chi connectivity index (χ1v) is 11.8. The maximum absolute atomic E-state index is 13.0. The van der Waals surface area contributed by atoms with Crippen molar-refractivity contribution in [3.63, 3.8) is 0 Å². The molecule has 31 heavy (non-hydrogen) atoms. The van der Waals surface area contributed by atoms with Gasteiger partial charge in [-0.3, -0.25) is 19.2 Å². The van der Waals surface area contributed by atoms with E-state index in [-0.39, 0.29) is 47.8 Å². The van der Waals surface area contributed by atoms with Crippen LogP contribution in [0.3, 0.4) is 0 Å². The van der Waals surface area contributed by atoms with Gasteiger partial charge in [-0.05, 0) is 79.6 Å². The molecule has 0 aliphatic heterocycles. The molecule has 0 amide bonds. The number of aliphatic carboxylic acids is 1. The summed E-state index contributed by atoms with van der Waals surface area (Å²) in [5.74, 6) is 0.168. The monoisotopic (exact) mass is 430 g/mol. The van der Waals surface area contributed by atoms with Crippen molar-refractivity contribution in [2.45, 2.75) is 78.1 Å². The fourth-order valence-corrected chi connectivity index (χ4v) is 7.62. The van der Waals surface area contributed by atoms with Crippen LogP contribution in [-0.2, 0) is 23.9 Å². The highest BCUT2D eigenvalue weighted by Gasteiger charge is 2.60. The van der Waals surface area contributed by atoms with Crippen molar-refractivity contribution in [2.75, 3.05) is 6.61 Å². The van der Waals surface area contributed by atoms with E-state index >= 15 is 0 Å². The molecular formula is C25H34O6. The molecule has 0 aromatic carbocycles. The van der Waals surface area contributed by atoms with Gasteiger partial charge in [0.1, 0.15) is 6.61 Å². The summed E-state index contributed by atoms with van der Waals surface area (Å²) in [6, 6.07) is 0. The zero-order valence-electron chi connectivity index (χ0n) is 18.7. The molecule has 170 valence electrons. The topological polar surface area (TPSA) is 97.7 Å². The molecule has 4 rings (SSSR count). The molecule has 0 bridgehead atoms. The number of hydrogen-bond donors (Lipinski definition) is 1. The number of hydrogen-bond acceptors (Lipinski definition) is 5. The smallest absolute Gasteiger partial charge is 0.306 e. The van der Waals surface area contributed by atoms with E-state index in [0.29, 0.717) is 24.2 Å². The number of carboxylic acid groups (broad SMARTS) is 1. The number of rotatable bonds is 6. The largest absolute Gasteiger partial charge is 0.481 e. The summed E-state index contributed by atoms with van der Waals surface area (Å²) in [6.07, 6.45) is 9.11. The van der Waals surface area contributed by atoms with E-state index in [1.54, 1.807) is 0 Å². The van der Waals surface area contributed by atoms with Crippen LogP contribution in [0, 0.1) is 34.5 Å². The van der Waals surface area contributed by atoms with E-state index in [2.05, 4.69) is 13.8 Å². The molecule has 6 heteroatoms. The van der Waals surface area contributed by atoms with Crippen LogP contribution < -0.4 is 0 Å². The Morgan fingerprint density at radius 2 is 1.81 bits per heavy atom. The summed E-state index contributed by atoms with van der Waals surface area (Å²) in [5.41, 5.74) is 1.42. The summed E-state index contributed by atoms with van der Waals surface area (Å²) < 4.78 is 5.10. The fraction of sp³-hybridized carbons (Fsp3) is 0.760. The molecule has 1 N–H and O–H groups in total. The third-order valence-corrected chi connectivity index (χ3v) is 9.27. The number of carboxylic acids is 1. The molecule has 6 atom stereocenters. The first-order valence-electron chi connectivity index (χ1n) is 11.8. The zero-order valence-corrected chi connectivity index (χ0v) is 18.7. The van der Waals surface area contributed by atoms with Crippen molar-refractivity contribution in [3.05, 3.63) is 11.6 Å². The molecule has 3 fully saturated rings. The first kappa shape index (κ1) is 22.2. The molecule has 0 aromatic rings. The standard InChI is InChI=1S/C25H34O6/c1-24-11-9-16(26)13-15(24)3-4-17-18-5-6-20(25(18,2)12-10-19(17)24)21(27)14-31-23(30)8-7-22(28)29/h13,17-20H,3-12,14H2,1-2H3,(H,28,29)/t17-,18+,19-,20-,24+,25+/m1/s1. The number of esters is 1. The van der Waals surface area contributed by atoms with Crippen LogP contribution in [-0.4, -0.2) is 35.2 Å². The van der Waals surface area contributed by atoms with Gasteiger partial charge >= 0.3 is 11.9 Å². The Kier molecular flexibility index (Phi) is 5.86. The normalized spacial score (nSPS) is 39.0. The lowest BCUT2D eigenvalue weighted by molar-refractivity contribution is -0.152. The highest BCUT2D eigenvalue weighted by molar-refractivity contribution is 5.91. The van der Waals surface area contributed by atoms with Crippen molar-refractivity contribution in [1.29, 1.82) is 0 Å². The van der Waals surface area contributed by atoms with Crippen LogP contribution in [0.2, 0.25) is 0 Å². The molecule has 0 aromatic heterocycles. The number of carbonyl (C=O) groups excluding carboxylic acids is 3. The minimum atomic E-state index is -1.05. The van der Waals surface area contributed by atoms with E-state index in [1.165, 1.54) is 5.57 Å². The Morgan fingerprint density at radius 1 is 1.03 bits per heavy atom. The van der Waals surface area contributed by atoms with Gasteiger partial charge in [0.2, 0.25) is 0 Å². The lowest BCUT2D eigenvalue weighted by Crippen LogP contribution is -2.51. The Bertz CT molecular complexity index is 828. The number of carbonyl (C=O) groups is 4. The second-order valence-corrected chi connectivity index (χ2v) is 10.7. The van der Waals surface area contributed by atoms with Crippen LogP contribution in [0.1, 0.15) is 78.1 Å². The molecule has 0 spiro atoms. The average molecular weight is 431 g/mol. The number of fused-ring (bicyclic) bond motifs is 5. The number of allylic oxidation sites excluding steroid dienone is 1. The second kappa shape index (κ2) is 8.18. The summed E-state index contributed by atoms with van der Waals surface area (Å²) in [7, 11) is 0. The maximum atomic E-state index is 13.0. The Balaban J connectivity index is 1.43. The average Bonchev–Trinajstić information content (AvgIpc) is 3.08.